The summed E-state index contributed by atoms with van der Waals surface area (Å²) in [5.74, 6) is -0.514. The van der Waals surface area contributed by atoms with Crippen molar-refractivity contribution in [2.75, 3.05) is 5.32 Å². The van der Waals surface area contributed by atoms with Crippen molar-refractivity contribution in [3.05, 3.63) is 67.7 Å². The number of carbonyl (C=O) groups is 1. The summed E-state index contributed by atoms with van der Waals surface area (Å²) in [4.78, 5) is 36.0. The van der Waals surface area contributed by atoms with Crippen LogP contribution in [0, 0.1) is 13.8 Å². The van der Waals surface area contributed by atoms with Crippen molar-refractivity contribution in [3.63, 3.8) is 0 Å². The van der Waals surface area contributed by atoms with Gasteiger partial charge in [0, 0.05) is 33.1 Å². The molecule has 130 valence electrons. The summed E-state index contributed by atoms with van der Waals surface area (Å²) in [6.45, 7) is 4.10. The van der Waals surface area contributed by atoms with Crippen LogP contribution in [0.5, 0.6) is 0 Å². The van der Waals surface area contributed by atoms with Crippen LogP contribution in [0.1, 0.15) is 20.1 Å². The van der Waals surface area contributed by atoms with E-state index in [1.54, 1.807) is 35.7 Å². The smallest absolute Gasteiger partial charge is 0.270 e. The Kier molecular flexibility index (Phi) is 4.14. The van der Waals surface area contributed by atoms with Crippen LogP contribution in [-0.2, 0) is 0 Å². The van der Waals surface area contributed by atoms with E-state index in [2.05, 4.69) is 28.3 Å². The van der Waals surface area contributed by atoms with Gasteiger partial charge in [-0.15, -0.1) is 22.7 Å². The van der Waals surface area contributed by atoms with Gasteiger partial charge >= 0.3 is 0 Å². The second-order valence-electron chi connectivity index (χ2n) is 5.72. The Morgan fingerprint density at radius 1 is 1.27 bits per heavy atom. The fourth-order valence-electron chi connectivity index (χ4n) is 2.69. The highest BCUT2D eigenvalue weighted by Crippen LogP contribution is 2.32. The summed E-state index contributed by atoms with van der Waals surface area (Å²) < 4.78 is 1.35. The fraction of sp³-hybridized carbons (Fsp3) is 0.111. The largest absolute Gasteiger partial charge is 0.298 e. The van der Waals surface area contributed by atoms with E-state index in [-0.39, 0.29) is 5.56 Å². The molecule has 0 fully saturated rings. The number of carbonyl (C=O) groups excluding carboxylic acids is 1. The maximum Gasteiger partial charge on any atom is 0.270 e. The van der Waals surface area contributed by atoms with Gasteiger partial charge in [-0.25, -0.2) is 9.97 Å². The summed E-state index contributed by atoms with van der Waals surface area (Å²) in [6, 6.07) is 7.30. The molecule has 0 bridgehead atoms. The number of aryl methyl sites for hydroxylation is 2. The van der Waals surface area contributed by atoms with E-state index in [4.69, 9.17) is 0 Å². The Morgan fingerprint density at radius 2 is 2.12 bits per heavy atom. The summed E-state index contributed by atoms with van der Waals surface area (Å²) >= 11 is 3.04. The zero-order chi connectivity index (χ0) is 18.3. The average molecular weight is 382 g/mol. The molecule has 0 aliphatic rings. The molecular weight excluding hydrogens is 368 g/mol. The molecule has 26 heavy (non-hydrogen) atoms. The third-order valence-corrected chi connectivity index (χ3v) is 5.62. The number of nitrogens with one attached hydrogen (secondary N) is 1. The maximum absolute atomic E-state index is 12.5. The highest BCUT2D eigenvalue weighted by atomic mass is 32.1. The molecule has 1 amide bonds. The van der Waals surface area contributed by atoms with E-state index in [1.807, 2.05) is 12.3 Å². The zero-order valence-electron chi connectivity index (χ0n) is 14.0. The first-order valence-electron chi connectivity index (χ1n) is 7.83. The molecule has 0 aromatic carbocycles. The second-order valence-corrected chi connectivity index (χ2v) is 8.04. The molecule has 1 N–H and O–H groups in total. The molecule has 8 heteroatoms. The lowest BCUT2D eigenvalue weighted by molar-refractivity contribution is 0.102. The van der Waals surface area contributed by atoms with Gasteiger partial charge < -0.3 is 0 Å². The van der Waals surface area contributed by atoms with E-state index in [0.29, 0.717) is 10.8 Å². The monoisotopic (exact) mass is 382 g/mol. The third-order valence-electron chi connectivity index (χ3n) is 3.90. The number of anilines is 1. The van der Waals surface area contributed by atoms with E-state index >= 15 is 0 Å². The van der Waals surface area contributed by atoms with Crippen LogP contribution < -0.4 is 10.9 Å². The minimum absolute atomic E-state index is 0.0204. The number of fused-ring (bicyclic) bond motifs is 1. The molecule has 4 rings (SSSR count). The van der Waals surface area contributed by atoms with Gasteiger partial charge in [-0.2, -0.15) is 0 Å². The molecule has 0 saturated heterocycles. The van der Waals surface area contributed by atoms with Crippen LogP contribution in [0.25, 0.3) is 16.9 Å². The van der Waals surface area contributed by atoms with Crippen molar-refractivity contribution in [3.8, 4) is 11.3 Å². The highest BCUT2D eigenvalue weighted by Gasteiger charge is 2.16. The first-order chi connectivity index (χ1) is 12.5. The summed E-state index contributed by atoms with van der Waals surface area (Å²) in [5.41, 5.74) is 1.95. The number of thiazole rings is 1. The van der Waals surface area contributed by atoms with Gasteiger partial charge in [0.2, 0.25) is 0 Å². The SMILES string of the molecule is Cc1cc(-c2csc(NC(=O)c3cnc4ccccn4c3=O)n2)c(C)s1. The Labute approximate surface area is 156 Å². The molecule has 0 atom stereocenters. The average Bonchev–Trinajstić information content (AvgIpc) is 3.21. The number of rotatable bonds is 3. The lowest BCUT2D eigenvalue weighted by Crippen LogP contribution is -2.26. The Balaban J connectivity index is 1.62. The topological polar surface area (TPSA) is 76.4 Å². The number of thiophene rings is 1. The molecule has 4 aromatic rings. The Hall–Kier alpha value is -2.84. The fourth-order valence-corrected chi connectivity index (χ4v) is 4.33. The molecule has 0 saturated carbocycles. The van der Waals surface area contributed by atoms with Gasteiger partial charge in [0.1, 0.15) is 11.2 Å². The van der Waals surface area contributed by atoms with Crippen LogP contribution in [-0.4, -0.2) is 20.3 Å². The first-order valence-corrected chi connectivity index (χ1v) is 9.53. The quantitative estimate of drug-likeness (QED) is 0.585. The number of hydrogen-bond donors (Lipinski definition) is 1. The van der Waals surface area contributed by atoms with Crippen molar-refractivity contribution in [1.82, 2.24) is 14.4 Å². The van der Waals surface area contributed by atoms with Gasteiger partial charge in [0.25, 0.3) is 11.5 Å². The molecule has 0 spiro atoms. The van der Waals surface area contributed by atoms with E-state index in [0.717, 1.165) is 11.3 Å². The van der Waals surface area contributed by atoms with Crippen molar-refractivity contribution in [2.45, 2.75) is 13.8 Å². The Morgan fingerprint density at radius 3 is 2.88 bits per heavy atom. The van der Waals surface area contributed by atoms with Crippen molar-refractivity contribution >= 4 is 39.4 Å². The number of nitrogens with zero attached hydrogens (tertiary/aromatic N) is 3. The lowest BCUT2D eigenvalue weighted by atomic mass is 10.2. The molecule has 0 aliphatic heterocycles. The molecule has 0 aliphatic carbocycles. The number of aromatic nitrogens is 3. The first kappa shape index (κ1) is 16.6. The minimum Gasteiger partial charge on any atom is -0.298 e. The molecule has 0 radical (unpaired) electrons. The molecule has 4 heterocycles. The van der Waals surface area contributed by atoms with Crippen LogP contribution >= 0.6 is 22.7 Å². The minimum atomic E-state index is -0.514. The predicted octanol–water partition coefficient (Wildman–Crippen LogP) is 3.75. The molecule has 4 aromatic heterocycles. The van der Waals surface area contributed by atoms with E-state index in [1.165, 1.54) is 31.7 Å². The number of pyridine rings is 1. The summed E-state index contributed by atoms with van der Waals surface area (Å²) in [5, 5.41) is 5.05. The predicted molar refractivity (Wildman–Crippen MR) is 104 cm³/mol. The number of hydrogen-bond acceptors (Lipinski definition) is 6. The molecule has 0 unspecified atom stereocenters. The molecular formula is C18H14N4O2S2. The standard InChI is InChI=1S/C18H14N4O2S2/c1-10-7-12(11(2)26-10)14-9-25-18(20-14)21-16(23)13-8-19-15-5-3-4-6-22(15)17(13)24/h3-9H,1-2H3,(H,20,21,23). The maximum atomic E-state index is 12.5. The number of amides is 1. The van der Waals surface area contributed by atoms with Gasteiger partial charge in [0.15, 0.2) is 5.13 Å². The van der Waals surface area contributed by atoms with Gasteiger partial charge in [0.05, 0.1) is 5.69 Å². The van der Waals surface area contributed by atoms with Gasteiger partial charge in [-0.1, -0.05) is 6.07 Å². The summed E-state index contributed by atoms with van der Waals surface area (Å²) in [6.07, 6.45) is 2.89. The van der Waals surface area contributed by atoms with Crippen molar-refractivity contribution in [2.24, 2.45) is 0 Å². The summed E-state index contributed by atoms with van der Waals surface area (Å²) in [7, 11) is 0. The van der Waals surface area contributed by atoms with Gasteiger partial charge in [-0.05, 0) is 32.0 Å². The third kappa shape index (κ3) is 2.93. The van der Waals surface area contributed by atoms with Crippen LogP contribution in [0.3, 0.4) is 0 Å². The van der Waals surface area contributed by atoms with E-state index < -0.39 is 11.5 Å². The normalized spacial score (nSPS) is 11.0. The zero-order valence-corrected chi connectivity index (χ0v) is 15.6. The highest BCUT2D eigenvalue weighted by molar-refractivity contribution is 7.14. The van der Waals surface area contributed by atoms with E-state index in [9.17, 15) is 9.59 Å². The van der Waals surface area contributed by atoms with Crippen molar-refractivity contribution in [1.29, 1.82) is 0 Å². The second kappa shape index (κ2) is 6.47. The van der Waals surface area contributed by atoms with Crippen LogP contribution in [0.4, 0.5) is 5.13 Å². The van der Waals surface area contributed by atoms with Crippen molar-refractivity contribution < 1.29 is 4.79 Å². The molecule has 6 nitrogen and oxygen atoms in total. The van der Waals surface area contributed by atoms with Crippen LogP contribution in [0.15, 0.2) is 46.8 Å². The van der Waals surface area contributed by atoms with Gasteiger partial charge in [-0.3, -0.25) is 19.3 Å². The van der Waals surface area contributed by atoms with Crippen LogP contribution in [0.2, 0.25) is 0 Å². The lowest BCUT2D eigenvalue weighted by Gasteiger charge is -2.03. The Bertz CT molecular complexity index is 1190.